The summed E-state index contributed by atoms with van der Waals surface area (Å²) < 4.78 is 0. The molecule has 0 radical (unpaired) electrons. The van der Waals surface area contributed by atoms with E-state index in [1.54, 1.807) is 24.5 Å². The van der Waals surface area contributed by atoms with Crippen LogP contribution in [0.25, 0.3) is 11.3 Å². The highest BCUT2D eigenvalue weighted by Gasteiger charge is 2.17. The number of aromatic nitrogens is 4. The minimum Gasteiger partial charge on any atom is -1.00 e. The Kier molecular flexibility index (Phi) is 3.35. The van der Waals surface area contributed by atoms with Crippen molar-refractivity contribution in [3.63, 3.8) is 0 Å². The highest BCUT2D eigenvalue weighted by Crippen LogP contribution is 2.16. The van der Waals surface area contributed by atoms with Crippen molar-refractivity contribution < 1.29 is 27.3 Å². The third-order valence-electron chi connectivity index (χ3n) is 1.73. The van der Waals surface area contributed by atoms with Crippen LogP contribution in [0.15, 0.2) is 24.5 Å². The second-order valence-electron chi connectivity index (χ2n) is 2.62. The smallest absolute Gasteiger partial charge is 0.358 e. The van der Waals surface area contributed by atoms with Gasteiger partial charge in [-0.3, -0.25) is 0 Å². The number of nitrogens with zero attached hydrogens (tertiary/aromatic N) is 2. The lowest BCUT2D eigenvalue weighted by Crippen LogP contribution is -3.00. The molecular formula is C8H7ClN4O2. The Morgan fingerprint density at radius 1 is 1.47 bits per heavy atom. The number of aromatic carboxylic acids is 1. The van der Waals surface area contributed by atoms with Gasteiger partial charge in [-0.05, 0) is 6.07 Å². The van der Waals surface area contributed by atoms with Crippen LogP contribution in [-0.2, 0) is 0 Å². The Hall–Kier alpha value is -1.95. The summed E-state index contributed by atoms with van der Waals surface area (Å²) >= 11 is 0. The predicted molar refractivity (Wildman–Crippen MR) is 45.3 cm³/mol. The first-order valence-electron chi connectivity index (χ1n) is 3.89. The first kappa shape index (κ1) is 11.1. The average Bonchev–Trinajstić information content (AvgIpc) is 2.67. The minimum atomic E-state index is -1.10. The number of pyridine rings is 1. The van der Waals surface area contributed by atoms with Gasteiger partial charge in [0.2, 0.25) is 0 Å². The average molecular weight is 227 g/mol. The Morgan fingerprint density at radius 3 is 2.87 bits per heavy atom. The van der Waals surface area contributed by atoms with Crippen LogP contribution in [0.1, 0.15) is 10.5 Å². The van der Waals surface area contributed by atoms with E-state index in [1.807, 2.05) is 0 Å². The van der Waals surface area contributed by atoms with E-state index in [4.69, 9.17) is 5.11 Å². The highest BCUT2D eigenvalue weighted by atomic mass is 35.5. The van der Waals surface area contributed by atoms with Crippen LogP contribution < -0.4 is 17.4 Å². The van der Waals surface area contributed by atoms with E-state index in [2.05, 4.69) is 20.4 Å². The molecule has 2 aromatic rings. The van der Waals surface area contributed by atoms with Crippen molar-refractivity contribution in [1.82, 2.24) is 15.4 Å². The molecule has 0 aliphatic carbocycles. The molecule has 2 aromatic heterocycles. The van der Waals surface area contributed by atoms with Crippen molar-refractivity contribution in [2.24, 2.45) is 0 Å². The standard InChI is InChI=1S/C8H6N4O2.ClH/c13-8(14)7-6(10-12-11-7)5-2-1-3-9-4-5;/h1-4H,(H,13,14)(H,10,11,12);1H. The maximum absolute atomic E-state index is 10.7. The second kappa shape index (κ2) is 4.52. The zero-order chi connectivity index (χ0) is 9.97. The van der Waals surface area contributed by atoms with Gasteiger partial charge in [0.05, 0.1) is 5.56 Å². The number of carbonyl (C=O) groups is 1. The molecule has 0 aliphatic heterocycles. The molecule has 78 valence electrons. The summed E-state index contributed by atoms with van der Waals surface area (Å²) in [4.78, 5) is 13.6. The zero-order valence-electron chi connectivity index (χ0n) is 7.44. The highest BCUT2D eigenvalue weighted by molar-refractivity contribution is 5.92. The van der Waals surface area contributed by atoms with Crippen molar-refractivity contribution in [2.75, 3.05) is 0 Å². The van der Waals surface area contributed by atoms with Gasteiger partial charge in [-0.15, -0.1) is 5.10 Å². The Balaban J connectivity index is 0.00000112. The van der Waals surface area contributed by atoms with Crippen LogP contribution in [0, 0.1) is 0 Å². The molecule has 2 rings (SSSR count). The van der Waals surface area contributed by atoms with Gasteiger partial charge in [-0.25, -0.2) is 9.78 Å². The molecule has 7 heteroatoms. The topological polar surface area (TPSA) is 93.0 Å². The number of nitrogens with one attached hydrogen (secondary N) is 2. The van der Waals surface area contributed by atoms with Crippen LogP contribution in [0.5, 0.6) is 0 Å². The van der Waals surface area contributed by atoms with Gasteiger partial charge in [0.1, 0.15) is 5.69 Å². The molecule has 3 N–H and O–H groups in total. The van der Waals surface area contributed by atoms with Crippen molar-refractivity contribution in [3.8, 4) is 11.3 Å². The maximum atomic E-state index is 10.7. The molecule has 0 bridgehead atoms. The Labute approximate surface area is 90.8 Å². The van der Waals surface area contributed by atoms with Crippen LogP contribution in [0.4, 0.5) is 0 Å². The normalized spacial score (nSPS) is 9.33. The van der Waals surface area contributed by atoms with Crippen molar-refractivity contribution >= 4 is 5.97 Å². The number of hydrogen-bond acceptors (Lipinski definition) is 3. The fraction of sp³-hybridized carbons (Fsp3) is 0. The van der Waals surface area contributed by atoms with E-state index in [1.165, 1.54) is 0 Å². The first-order valence-corrected chi connectivity index (χ1v) is 3.89. The van der Waals surface area contributed by atoms with Gasteiger partial charge in [-0.2, -0.15) is 10.3 Å². The number of carboxylic acid groups (broad SMARTS) is 1. The van der Waals surface area contributed by atoms with E-state index in [0.29, 0.717) is 11.3 Å². The third kappa shape index (κ3) is 2.10. The molecule has 6 nitrogen and oxygen atoms in total. The SMILES string of the molecule is O=C(O)c1n[nH]nc1-c1ccc[nH+]c1.[Cl-]. The number of rotatable bonds is 2. The molecule has 0 fully saturated rings. The summed E-state index contributed by atoms with van der Waals surface area (Å²) in [6, 6.07) is 3.51. The fourth-order valence-corrected chi connectivity index (χ4v) is 1.12. The quantitative estimate of drug-likeness (QED) is 0.570. The minimum absolute atomic E-state index is 0. The van der Waals surface area contributed by atoms with E-state index in [-0.39, 0.29) is 18.1 Å². The molecule has 0 saturated heterocycles. The summed E-state index contributed by atoms with van der Waals surface area (Å²) in [7, 11) is 0. The fourth-order valence-electron chi connectivity index (χ4n) is 1.12. The number of halogens is 1. The van der Waals surface area contributed by atoms with E-state index >= 15 is 0 Å². The molecule has 15 heavy (non-hydrogen) atoms. The van der Waals surface area contributed by atoms with Gasteiger partial charge in [0.25, 0.3) is 0 Å². The van der Waals surface area contributed by atoms with Gasteiger partial charge in [0, 0.05) is 6.07 Å². The maximum Gasteiger partial charge on any atom is 0.358 e. The first-order chi connectivity index (χ1) is 6.79. The molecule has 0 unspecified atom stereocenters. The lowest BCUT2D eigenvalue weighted by molar-refractivity contribution is -0.377. The van der Waals surface area contributed by atoms with Crippen molar-refractivity contribution in [1.29, 1.82) is 0 Å². The van der Waals surface area contributed by atoms with Crippen LogP contribution in [-0.4, -0.2) is 26.5 Å². The molecular weight excluding hydrogens is 220 g/mol. The summed E-state index contributed by atoms with van der Waals surface area (Å²) in [5.41, 5.74) is 0.928. The van der Waals surface area contributed by atoms with Gasteiger partial charge >= 0.3 is 5.97 Å². The largest absolute Gasteiger partial charge is 1.00 e. The Morgan fingerprint density at radius 2 is 2.27 bits per heavy atom. The summed E-state index contributed by atoms with van der Waals surface area (Å²) in [5.74, 6) is -1.10. The monoisotopic (exact) mass is 226 g/mol. The molecule has 0 spiro atoms. The zero-order valence-corrected chi connectivity index (χ0v) is 8.19. The van der Waals surface area contributed by atoms with Gasteiger partial charge < -0.3 is 17.5 Å². The van der Waals surface area contributed by atoms with E-state index in [9.17, 15) is 4.79 Å². The second-order valence-corrected chi connectivity index (χ2v) is 2.62. The van der Waals surface area contributed by atoms with Crippen molar-refractivity contribution in [2.45, 2.75) is 0 Å². The van der Waals surface area contributed by atoms with Crippen molar-refractivity contribution in [3.05, 3.63) is 30.2 Å². The molecule has 0 saturated carbocycles. The van der Waals surface area contributed by atoms with Crippen LogP contribution in [0.2, 0.25) is 0 Å². The van der Waals surface area contributed by atoms with E-state index < -0.39 is 5.97 Å². The number of H-pyrrole nitrogens is 2. The summed E-state index contributed by atoms with van der Waals surface area (Å²) in [5, 5.41) is 18.4. The van der Waals surface area contributed by atoms with Crippen LogP contribution in [0.3, 0.4) is 0 Å². The third-order valence-corrected chi connectivity index (χ3v) is 1.73. The molecule has 0 aromatic carbocycles. The predicted octanol–water partition coefficient (Wildman–Crippen LogP) is -3.01. The lowest BCUT2D eigenvalue weighted by Gasteiger charge is -1.91. The number of aromatic amines is 2. The molecule has 0 atom stereocenters. The summed E-state index contributed by atoms with van der Waals surface area (Å²) in [6.45, 7) is 0. The van der Waals surface area contributed by atoms with Gasteiger partial charge in [0.15, 0.2) is 18.1 Å². The summed E-state index contributed by atoms with van der Waals surface area (Å²) in [6.07, 6.45) is 3.38. The number of hydrogen-bond donors (Lipinski definition) is 2. The Bertz CT molecular complexity index is 457. The van der Waals surface area contributed by atoms with Gasteiger partial charge in [-0.1, -0.05) is 0 Å². The number of carboxylic acids is 1. The molecule has 2 heterocycles. The van der Waals surface area contributed by atoms with Crippen LogP contribution >= 0.6 is 0 Å². The van der Waals surface area contributed by atoms with E-state index in [0.717, 1.165) is 0 Å². The lowest BCUT2D eigenvalue weighted by atomic mass is 10.2. The molecule has 0 amide bonds. The molecule has 0 aliphatic rings.